The lowest BCUT2D eigenvalue weighted by molar-refractivity contribution is 0.734. The van der Waals surface area contributed by atoms with Gasteiger partial charge in [0.25, 0.3) is 0 Å². The number of thiophene rings is 1. The van der Waals surface area contributed by atoms with Crippen LogP contribution < -0.4 is 0 Å². The fourth-order valence-electron chi connectivity index (χ4n) is 1.77. The fraction of sp³-hybridized carbons (Fsp3) is 0.286. The van der Waals surface area contributed by atoms with Crippen molar-refractivity contribution in [3.63, 3.8) is 0 Å². The molecule has 1 unspecified atom stereocenters. The van der Waals surface area contributed by atoms with Crippen LogP contribution in [0, 0.1) is 0 Å². The molecule has 0 fully saturated rings. The molecule has 3 heteroatoms. The molecule has 0 saturated heterocycles. The summed E-state index contributed by atoms with van der Waals surface area (Å²) in [6, 6.07) is 12.7. The molecule has 17 heavy (non-hydrogen) atoms. The molecular weight excluding hydrogens is 360 g/mol. The average Bonchev–Trinajstić information content (AvgIpc) is 2.76. The molecule has 0 bridgehead atoms. The van der Waals surface area contributed by atoms with Crippen LogP contribution in [0.3, 0.4) is 0 Å². The van der Waals surface area contributed by atoms with Gasteiger partial charge < -0.3 is 0 Å². The van der Waals surface area contributed by atoms with E-state index in [4.69, 9.17) is 0 Å². The second-order valence-electron chi connectivity index (χ2n) is 3.96. The molecule has 2 aromatic rings. The summed E-state index contributed by atoms with van der Waals surface area (Å²) in [7, 11) is 0. The minimum atomic E-state index is 0.474. The molecule has 0 aliphatic carbocycles. The topological polar surface area (TPSA) is 0 Å². The molecule has 90 valence electrons. The summed E-state index contributed by atoms with van der Waals surface area (Å²) >= 11 is 9.17. The molecule has 0 radical (unpaired) electrons. The molecular formula is C14H14Br2S. The van der Waals surface area contributed by atoms with Gasteiger partial charge >= 0.3 is 0 Å². The molecule has 0 N–H and O–H groups in total. The van der Waals surface area contributed by atoms with E-state index in [-0.39, 0.29) is 0 Å². The number of rotatable bonds is 5. The van der Waals surface area contributed by atoms with Gasteiger partial charge in [-0.1, -0.05) is 46.3 Å². The van der Waals surface area contributed by atoms with E-state index in [1.165, 1.54) is 27.8 Å². The molecule has 1 aromatic heterocycles. The van der Waals surface area contributed by atoms with E-state index >= 15 is 0 Å². The Bertz CT molecular complexity index is 450. The summed E-state index contributed by atoms with van der Waals surface area (Å²) in [5.41, 5.74) is 1.37. The highest BCUT2D eigenvalue weighted by molar-refractivity contribution is 9.10. The third kappa shape index (κ3) is 3.94. The normalized spacial score (nSPS) is 12.6. The first-order valence-electron chi connectivity index (χ1n) is 5.68. The lowest BCUT2D eigenvalue weighted by Gasteiger charge is -2.09. The van der Waals surface area contributed by atoms with Crippen LogP contribution in [0.5, 0.6) is 0 Å². The summed E-state index contributed by atoms with van der Waals surface area (Å²) in [4.78, 5) is 1.93. The zero-order valence-corrected chi connectivity index (χ0v) is 13.4. The third-order valence-corrected chi connectivity index (χ3v) is 5.69. The number of halogens is 2. The van der Waals surface area contributed by atoms with Crippen LogP contribution >= 0.6 is 43.2 Å². The van der Waals surface area contributed by atoms with Gasteiger partial charge in [0, 0.05) is 14.2 Å². The van der Waals surface area contributed by atoms with Crippen molar-refractivity contribution in [3.8, 4) is 0 Å². The maximum absolute atomic E-state index is 3.76. The van der Waals surface area contributed by atoms with Crippen LogP contribution in [0.15, 0.2) is 46.3 Å². The molecule has 1 heterocycles. The van der Waals surface area contributed by atoms with Crippen LogP contribution in [0.2, 0.25) is 0 Å². The van der Waals surface area contributed by atoms with Crippen molar-refractivity contribution < 1.29 is 0 Å². The first-order valence-corrected chi connectivity index (χ1v) is 8.27. The van der Waals surface area contributed by atoms with Gasteiger partial charge in [0.05, 0.1) is 0 Å². The number of alkyl halides is 1. The van der Waals surface area contributed by atoms with Crippen molar-refractivity contribution >= 4 is 43.2 Å². The highest BCUT2D eigenvalue weighted by atomic mass is 79.9. The predicted octanol–water partition coefficient (Wildman–Crippen LogP) is 5.97. The van der Waals surface area contributed by atoms with Crippen molar-refractivity contribution in [1.82, 2.24) is 0 Å². The molecule has 2 rings (SSSR count). The Morgan fingerprint density at radius 2 is 1.88 bits per heavy atom. The maximum Gasteiger partial charge on any atom is 0.0395 e. The van der Waals surface area contributed by atoms with Gasteiger partial charge in [0.1, 0.15) is 0 Å². The second kappa shape index (κ2) is 6.72. The van der Waals surface area contributed by atoms with E-state index in [2.05, 4.69) is 73.6 Å². The van der Waals surface area contributed by atoms with Crippen LogP contribution in [0.1, 0.15) is 28.1 Å². The highest BCUT2D eigenvalue weighted by Gasteiger charge is 2.07. The lowest BCUT2D eigenvalue weighted by Crippen LogP contribution is -1.91. The molecule has 0 aliphatic rings. The Labute approximate surface area is 123 Å². The quantitative estimate of drug-likeness (QED) is 0.566. The average molecular weight is 374 g/mol. The van der Waals surface area contributed by atoms with Crippen LogP contribution in [0.25, 0.3) is 0 Å². The second-order valence-corrected chi connectivity index (χ2v) is 6.92. The van der Waals surface area contributed by atoms with E-state index in [0.717, 1.165) is 6.42 Å². The van der Waals surface area contributed by atoms with Crippen molar-refractivity contribution in [2.24, 2.45) is 0 Å². The molecule has 0 nitrogen and oxygen atoms in total. The Kier molecular flexibility index (Phi) is 5.26. The first-order chi connectivity index (χ1) is 8.27. The van der Waals surface area contributed by atoms with E-state index in [0.29, 0.717) is 4.83 Å². The van der Waals surface area contributed by atoms with Gasteiger partial charge in [-0.25, -0.2) is 0 Å². The minimum absolute atomic E-state index is 0.474. The van der Waals surface area contributed by atoms with Crippen LogP contribution in [-0.2, 0) is 6.42 Å². The number of hydrogen-bond acceptors (Lipinski definition) is 1. The van der Waals surface area contributed by atoms with Crippen LogP contribution in [0.4, 0.5) is 0 Å². The zero-order chi connectivity index (χ0) is 12.1. The number of aryl methyl sites for hydroxylation is 1. The van der Waals surface area contributed by atoms with Gasteiger partial charge in [0.2, 0.25) is 0 Å². The maximum atomic E-state index is 3.76. The first kappa shape index (κ1) is 13.3. The standard InChI is InChI=1S/C14H14Br2S/c15-12(11-5-2-1-3-6-11)7-4-8-14-13(16)9-10-17-14/h1-3,5-6,9-10,12H,4,7-8H2. The summed E-state index contributed by atoms with van der Waals surface area (Å²) in [5, 5.41) is 2.14. The number of benzene rings is 1. The monoisotopic (exact) mass is 372 g/mol. The summed E-state index contributed by atoms with van der Waals surface area (Å²) < 4.78 is 1.26. The molecule has 0 saturated carbocycles. The van der Waals surface area contributed by atoms with E-state index in [9.17, 15) is 0 Å². The Hall–Kier alpha value is -0.120. The van der Waals surface area contributed by atoms with E-state index < -0.39 is 0 Å². The molecule has 0 aliphatic heterocycles. The molecule has 0 amide bonds. The minimum Gasteiger partial charge on any atom is -0.148 e. The van der Waals surface area contributed by atoms with Crippen molar-refractivity contribution in [2.45, 2.75) is 24.1 Å². The van der Waals surface area contributed by atoms with Crippen molar-refractivity contribution in [2.75, 3.05) is 0 Å². The SMILES string of the molecule is Brc1ccsc1CCCC(Br)c1ccccc1. The Morgan fingerprint density at radius 1 is 1.12 bits per heavy atom. The third-order valence-electron chi connectivity index (χ3n) is 2.71. The highest BCUT2D eigenvalue weighted by Crippen LogP contribution is 2.30. The molecule has 0 spiro atoms. The predicted molar refractivity (Wildman–Crippen MR) is 83.1 cm³/mol. The Balaban J connectivity index is 1.81. The number of hydrogen-bond donors (Lipinski definition) is 0. The van der Waals surface area contributed by atoms with E-state index in [1.807, 2.05) is 11.3 Å². The summed E-state index contributed by atoms with van der Waals surface area (Å²) in [5.74, 6) is 0. The molecule has 1 aromatic carbocycles. The van der Waals surface area contributed by atoms with Gasteiger partial charge in [0.15, 0.2) is 0 Å². The summed E-state index contributed by atoms with van der Waals surface area (Å²) in [6.07, 6.45) is 3.55. The largest absolute Gasteiger partial charge is 0.148 e. The molecule has 1 atom stereocenters. The van der Waals surface area contributed by atoms with Gasteiger partial charge in [-0.2, -0.15) is 0 Å². The van der Waals surface area contributed by atoms with Crippen molar-refractivity contribution in [3.05, 3.63) is 56.7 Å². The summed E-state index contributed by atoms with van der Waals surface area (Å²) in [6.45, 7) is 0. The zero-order valence-electron chi connectivity index (χ0n) is 9.40. The Morgan fingerprint density at radius 3 is 2.53 bits per heavy atom. The van der Waals surface area contributed by atoms with Gasteiger partial charge in [-0.3, -0.25) is 0 Å². The fourth-order valence-corrected chi connectivity index (χ4v) is 4.00. The van der Waals surface area contributed by atoms with Crippen molar-refractivity contribution in [1.29, 1.82) is 0 Å². The van der Waals surface area contributed by atoms with Gasteiger partial charge in [-0.05, 0) is 52.2 Å². The smallest absolute Gasteiger partial charge is 0.0395 e. The lowest BCUT2D eigenvalue weighted by atomic mass is 10.1. The van der Waals surface area contributed by atoms with Gasteiger partial charge in [-0.15, -0.1) is 11.3 Å². The van der Waals surface area contributed by atoms with E-state index in [1.54, 1.807) is 0 Å². The van der Waals surface area contributed by atoms with Crippen LogP contribution in [-0.4, -0.2) is 0 Å².